The molecule has 0 aliphatic rings. The zero-order chi connectivity index (χ0) is 32.7. The molecule has 1 atom stereocenters. The van der Waals surface area contributed by atoms with Gasteiger partial charge in [-0.05, 0) is 74.7 Å². The van der Waals surface area contributed by atoms with Crippen LogP contribution in [0.15, 0.2) is 95.9 Å². The maximum absolute atomic E-state index is 14.6. The molecule has 7 nitrogen and oxygen atoms in total. The fourth-order valence-electron chi connectivity index (χ4n) is 5.04. The molecule has 0 aliphatic heterocycles. The first-order valence-electron chi connectivity index (χ1n) is 14.6. The largest absolute Gasteiger partial charge is 0.355 e. The summed E-state index contributed by atoms with van der Waals surface area (Å²) < 4.78 is 29.7. The average Bonchev–Trinajstić information content (AvgIpc) is 3.01. The number of nitrogens with zero attached hydrogens (tertiary/aromatic N) is 2. The van der Waals surface area contributed by atoms with Crippen LogP contribution in [0.5, 0.6) is 0 Å². The molecular formula is C35H37Cl2N3O4S. The molecule has 4 rings (SSSR count). The number of rotatable bonds is 12. The molecule has 0 aliphatic carbocycles. The van der Waals surface area contributed by atoms with E-state index in [-0.39, 0.29) is 23.8 Å². The smallest absolute Gasteiger partial charge is 0.264 e. The predicted molar refractivity (Wildman–Crippen MR) is 181 cm³/mol. The second kappa shape index (κ2) is 15.0. The van der Waals surface area contributed by atoms with Crippen molar-refractivity contribution in [1.82, 2.24) is 10.2 Å². The van der Waals surface area contributed by atoms with Crippen molar-refractivity contribution < 1.29 is 18.0 Å². The number of carbonyl (C=O) groups is 2. The van der Waals surface area contributed by atoms with E-state index in [2.05, 4.69) is 5.32 Å². The second-order valence-corrected chi connectivity index (χ2v) is 13.6. The number of halogens is 2. The number of amides is 2. The Hall–Kier alpha value is -3.85. The standard InChI is InChI=1S/C35H37Cl2N3O4S/c1-5-38-35(42)33(21-27-10-7-6-8-11-27)39(22-29-30(36)12-9-13-31(29)37)34(41)23-40(32-20-25(3)14-17-26(32)4)45(43,44)28-18-15-24(2)16-19-28/h6-20,33H,5,21-23H2,1-4H3,(H,38,42). The fraction of sp³-hybridized carbons (Fsp3) is 0.257. The van der Waals surface area contributed by atoms with Crippen molar-refractivity contribution in [2.24, 2.45) is 0 Å². The number of hydrogen-bond donors (Lipinski definition) is 1. The summed E-state index contributed by atoms with van der Waals surface area (Å²) in [5.41, 5.74) is 4.06. The van der Waals surface area contributed by atoms with Gasteiger partial charge in [-0.2, -0.15) is 0 Å². The molecule has 0 bridgehead atoms. The van der Waals surface area contributed by atoms with Crippen LogP contribution in [0.25, 0.3) is 0 Å². The number of anilines is 1. The zero-order valence-electron chi connectivity index (χ0n) is 25.8. The number of hydrogen-bond acceptors (Lipinski definition) is 4. The van der Waals surface area contributed by atoms with Crippen LogP contribution in [-0.4, -0.2) is 44.3 Å². The molecule has 236 valence electrons. The summed E-state index contributed by atoms with van der Waals surface area (Å²) in [6.45, 7) is 6.99. The number of sulfonamides is 1. The van der Waals surface area contributed by atoms with Gasteiger partial charge in [-0.25, -0.2) is 8.42 Å². The van der Waals surface area contributed by atoms with Crippen molar-refractivity contribution in [2.45, 2.75) is 51.6 Å². The van der Waals surface area contributed by atoms with Crippen LogP contribution in [0.4, 0.5) is 5.69 Å². The van der Waals surface area contributed by atoms with E-state index in [0.717, 1.165) is 21.0 Å². The van der Waals surface area contributed by atoms with Crippen molar-refractivity contribution in [3.63, 3.8) is 0 Å². The topological polar surface area (TPSA) is 86.8 Å². The SMILES string of the molecule is CCNC(=O)C(Cc1ccccc1)N(Cc1c(Cl)cccc1Cl)C(=O)CN(c1cc(C)ccc1C)S(=O)(=O)c1ccc(C)cc1. The highest BCUT2D eigenvalue weighted by Gasteiger charge is 2.35. The molecule has 45 heavy (non-hydrogen) atoms. The van der Waals surface area contributed by atoms with Crippen LogP contribution < -0.4 is 9.62 Å². The molecule has 4 aromatic carbocycles. The monoisotopic (exact) mass is 665 g/mol. The van der Waals surface area contributed by atoms with Gasteiger partial charge in [0, 0.05) is 35.1 Å². The third-order valence-electron chi connectivity index (χ3n) is 7.53. The molecule has 0 radical (unpaired) electrons. The van der Waals surface area contributed by atoms with E-state index in [1.807, 2.05) is 56.3 Å². The lowest BCUT2D eigenvalue weighted by atomic mass is 10.0. The van der Waals surface area contributed by atoms with Crippen molar-refractivity contribution in [1.29, 1.82) is 0 Å². The summed E-state index contributed by atoms with van der Waals surface area (Å²) in [7, 11) is -4.21. The molecule has 0 spiro atoms. The highest BCUT2D eigenvalue weighted by atomic mass is 35.5. The maximum atomic E-state index is 14.6. The van der Waals surface area contributed by atoms with E-state index in [4.69, 9.17) is 23.2 Å². The Labute approximate surface area is 275 Å². The highest BCUT2D eigenvalue weighted by molar-refractivity contribution is 7.92. The maximum Gasteiger partial charge on any atom is 0.264 e. The lowest BCUT2D eigenvalue weighted by molar-refractivity contribution is -0.140. The van der Waals surface area contributed by atoms with Crippen molar-refractivity contribution in [2.75, 3.05) is 17.4 Å². The predicted octanol–water partition coefficient (Wildman–Crippen LogP) is 6.89. The normalized spacial score (nSPS) is 12.0. The average molecular weight is 667 g/mol. The van der Waals surface area contributed by atoms with E-state index < -0.39 is 28.5 Å². The fourth-order valence-corrected chi connectivity index (χ4v) is 7.03. The number of likely N-dealkylation sites (N-methyl/N-ethyl adjacent to an activating group) is 1. The van der Waals surface area contributed by atoms with Crippen molar-refractivity contribution in [3.8, 4) is 0 Å². The number of aryl methyl sites for hydroxylation is 3. The Morgan fingerprint density at radius 2 is 1.44 bits per heavy atom. The molecular weight excluding hydrogens is 629 g/mol. The summed E-state index contributed by atoms with van der Waals surface area (Å²) in [6.07, 6.45) is 0.189. The van der Waals surface area contributed by atoms with Gasteiger partial charge in [0.25, 0.3) is 10.0 Å². The van der Waals surface area contributed by atoms with Gasteiger partial charge in [0.2, 0.25) is 11.8 Å². The summed E-state index contributed by atoms with van der Waals surface area (Å²) in [5.74, 6) is -0.965. The molecule has 0 saturated heterocycles. The van der Waals surface area contributed by atoms with Crippen LogP contribution in [0.3, 0.4) is 0 Å². The molecule has 0 saturated carbocycles. The first kappa shape index (κ1) is 34.0. The minimum Gasteiger partial charge on any atom is -0.355 e. The Bertz CT molecular complexity index is 1740. The molecule has 0 heterocycles. The van der Waals surface area contributed by atoms with Crippen LogP contribution in [0.1, 0.15) is 34.7 Å². The minimum atomic E-state index is -4.21. The summed E-state index contributed by atoms with van der Waals surface area (Å²) in [6, 6.07) is 25.3. The van der Waals surface area contributed by atoms with Gasteiger partial charge in [0.1, 0.15) is 12.6 Å². The lowest BCUT2D eigenvalue weighted by Gasteiger charge is -2.34. The van der Waals surface area contributed by atoms with Gasteiger partial charge in [-0.1, -0.05) is 89.4 Å². The van der Waals surface area contributed by atoms with Crippen molar-refractivity contribution >= 4 is 50.7 Å². The molecule has 2 amide bonds. The zero-order valence-corrected chi connectivity index (χ0v) is 28.1. The van der Waals surface area contributed by atoms with Gasteiger partial charge in [0.15, 0.2) is 0 Å². The van der Waals surface area contributed by atoms with Crippen LogP contribution >= 0.6 is 23.2 Å². The Morgan fingerprint density at radius 1 is 0.822 bits per heavy atom. The number of benzene rings is 4. The van der Waals surface area contributed by atoms with Crippen LogP contribution in [-0.2, 0) is 32.6 Å². The summed E-state index contributed by atoms with van der Waals surface area (Å²) in [5, 5.41) is 3.50. The van der Waals surface area contributed by atoms with Crippen LogP contribution in [0.2, 0.25) is 10.0 Å². The molecule has 4 aromatic rings. The third kappa shape index (κ3) is 8.25. The molecule has 1 N–H and O–H groups in total. The van der Waals surface area contributed by atoms with Gasteiger partial charge < -0.3 is 10.2 Å². The summed E-state index contributed by atoms with van der Waals surface area (Å²) in [4.78, 5) is 29.7. The summed E-state index contributed by atoms with van der Waals surface area (Å²) >= 11 is 13.1. The Morgan fingerprint density at radius 3 is 2.07 bits per heavy atom. The van der Waals surface area contributed by atoms with E-state index in [1.54, 1.807) is 50.2 Å². The quantitative estimate of drug-likeness (QED) is 0.179. The molecule has 0 aromatic heterocycles. The number of carbonyl (C=O) groups excluding carboxylic acids is 2. The van der Waals surface area contributed by atoms with E-state index >= 15 is 0 Å². The van der Waals surface area contributed by atoms with Gasteiger partial charge in [-0.15, -0.1) is 0 Å². The van der Waals surface area contributed by atoms with Gasteiger partial charge >= 0.3 is 0 Å². The highest BCUT2D eigenvalue weighted by Crippen LogP contribution is 2.31. The first-order valence-corrected chi connectivity index (χ1v) is 16.8. The first-order chi connectivity index (χ1) is 21.4. The minimum absolute atomic E-state index is 0.0482. The Balaban J connectivity index is 1.86. The van der Waals surface area contributed by atoms with E-state index in [9.17, 15) is 18.0 Å². The van der Waals surface area contributed by atoms with E-state index in [1.165, 1.54) is 17.0 Å². The lowest BCUT2D eigenvalue weighted by Crippen LogP contribution is -2.53. The van der Waals surface area contributed by atoms with Crippen LogP contribution in [0, 0.1) is 20.8 Å². The van der Waals surface area contributed by atoms with Crippen molar-refractivity contribution in [3.05, 3.63) is 129 Å². The van der Waals surface area contributed by atoms with E-state index in [0.29, 0.717) is 33.4 Å². The third-order valence-corrected chi connectivity index (χ3v) is 10.0. The molecule has 1 unspecified atom stereocenters. The molecule has 10 heteroatoms. The molecule has 0 fully saturated rings. The second-order valence-electron chi connectivity index (χ2n) is 10.9. The number of nitrogens with one attached hydrogen (secondary N) is 1. The van der Waals surface area contributed by atoms with Gasteiger partial charge in [0.05, 0.1) is 10.6 Å². The Kier molecular flexibility index (Phi) is 11.3. The van der Waals surface area contributed by atoms with Gasteiger partial charge in [-0.3, -0.25) is 13.9 Å².